The number of nitrogens with one attached hydrogen (secondary N) is 2. The molecule has 0 spiro atoms. The Morgan fingerprint density at radius 3 is 0.973 bits per heavy atom. The van der Waals surface area contributed by atoms with E-state index in [1.165, 1.54) is 12.1 Å². The first-order valence-electron chi connectivity index (χ1n) is 12.1. The fourth-order valence-electron chi connectivity index (χ4n) is 4.29. The van der Waals surface area contributed by atoms with Gasteiger partial charge in [0.1, 0.15) is 0 Å². The Kier molecular flexibility index (Phi) is 7.23. The van der Waals surface area contributed by atoms with Crippen LogP contribution in [0, 0.1) is 0 Å². The number of carbonyl (C=O) groups is 2. The molecular formula is C32H26N2O3. The van der Waals surface area contributed by atoms with E-state index < -0.39 is 11.8 Å². The van der Waals surface area contributed by atoms with Gasteiger partial charge in [0.2, 0.25) is 0 Å². The Labute approximate surface area is 215 Å². The predicted octanol–water partition coefficient (Wildman–Crippen LogP) is 6.32. The second kappa shape index (κ2) is 11.2. The van der Waals surface area contributed by atoms with Gasteiger partial charge in [-0.25, -0.2) is 0 Å². The van der Waals surface area contributed by atoms with Gasteiger partial charge in [-0.1, -0.05) is 121 Å². The first-order chi connectivity index (χ1) is 18.2. The van der Waals surface area contributed by atoms with Gasteiger partial charge in [0.05, 0.1) is 12.1 Å². The highest BCUT2D eigenvalue weighted by Gasteiger charge is 2.23. The van der Waals surface area contributed by atoms with Crippen LogP contribution in [0.15, 0.2) is 138 Å². The standard InChI is InChI=1S/C32H26N2O3/c35-31(33-29(23-13-5-1-6-14-23)24-15-7-2-8-16-24)27-21-22-28(37-27)32(36)34-30(25-17-9-3-10-18-25)26-19-11-4-12-20-26/h1-22,29-30H,(H,33,35)(H,34,36). The average molecular weight is 487 g/mol. The Morgan fingerprint density at radius 2 is 0.703 bits per heavy atom. The molecular weight excluding hydrogens is 460 g/mol. The van der Waals surface area contributed by atoms with Gasteiger partial charge >= 0.3 is 0 Å². The normalized spacial score (nSPS) is 10.9. The zero-order valence-electron chi connectivity index (χ0n) is 20.1. The quantitative estimate of drug-likeness (QED) is 0.270. The summed E-state index contributed by atoms with van der Waals surface area (Å²) in [5, 5.41) is 6.09. The summed E-state index contributed by atoms with van der Waals surface area (Å²) in [4.78, 5) is 26.3. The third-order valence-electron chi connectivity index (χ3n) is 6.14. The minimum Gasteiger partial charge on any atom is -0.446 e. The molecule has 5 rings (SSSR count). The van der Waals surface area contributed by atoms with Gasteiger partial charge in [0.15, 0.2) is 11.5 Å². The van der Waals surface area contributed by atoms with Crippen LogP contribution in [-0.4, -0.2) is 11.8 Å². The molecule has 2 amide bonds. The van der Waals surface area contributed by atoms with Crippen molar-refractivity contribution < 1.29 is 14.0 Å². The predicted molar refractivity (Wildman–Crippen MR) is 143 cm³/mol. The Balaban J connectivity index is 1.35. The van der Waals surface area contributed by atoms with Crippen LogP contribution in [0.25, 0.3) is 0 Å². The number of amides is 2. The highest BCUT2D eigenvalue weighted by molar-refractivity contribution is 5.96. The molecule has 0 bridgehead atoms. The molecule has 0 aliphatic rings. The lowest BCUT2D eigenvalue weighted by atomic mass is 9.98. The van der Waals surface area contributed by atoms with Gasteiger partial charge < -0.3 is 15.1 Å². The van der Waals surface area contributed by atoms with Crippen LogP contribution < -0.4 is 10.6 Å². The van der Waals surface area contributed by atoms with Crippen molar-refractivity contribution in [1.82, 2.24) is 10.6 Å². The third-order valence-corrected chi connectivity index (χ3v) is 6.14. The van der Waals surface area contributed by atoms with Crippen LogP contribution in [0.2, 0.25) is 0 Å². The molecule has 37 heavy (non-hydrogen) atoms. The van der Waals surface area contributed by atoms with E-state index in [4.69, 9.17) is 4.42 Å². The molecule has 5 nitrogen and oxygen atoms in total. The van der Waals surface area contributed by atoms with Crippen molar-refractivity contribution in [2.45, 2.75) is 12.1 Å². The van der Waals surface area contributed by atoms with E-state index in [2.05, 4.69) is 10.6 Å². The van der Waals surface area contributed by atoms with Crippen molar-refractivity contribution in [3.63, 3.8) is 0 Å². The summed E-state index contributed by atoms with van der Waals surface area (Å²) in [5.41, 5.74) is 3.78. The smallest absolute Gasteiger partial charge is 0.287 e. The van der Waals surface area contributed by atoms with Crippen LogP contribution in [0.5, 0.6) is 0 Å². The molecule has 182 valence electrons. The lowest BCUT2D eigenvalue weighted by Gasteiger charge is -2.19. The minimum absolute atomic E-state index is 0.0676. The second-order valence-corrected chi connectivity index (χ2v) is 8.62. The van der Waals surface area contributed by atoms with E-state index in [1.807, 2.05) is 121 Å². The summed E-state index contributed by atoms with van der Waals surface area (Å²) in [7, 11) is 0. The molecule has 1 heterocycles. The Morgan fingerprint density at radius 1 is 0.432 bits per heavy atom. The van der Waals surface area contributed by atoms with Crippen molar-refractivity contribution in [2.24, 2.45) is 0 Å². The topological polar surface area (TPSA) is 71.3 Å². The average Bonchev–Trinajstić information content (AvgIpc) is 3.47. The summed E-state index contributed by atoms with van der Waals surface area (Å²) < 4.78 is 5.73. The summed E-state index contributed by atoms with van der Waals surface area (Å²) in [6.07, 6.45) is 0. The van der Waals surface area contributed by atoms with Gasteiger partial charge in [0, 0.05) is 0 Å². The van der Waals surface area contributed by atoms with Gasteiger partial charge in [-0.05, 0) is 34.4 Å². The summed E-state index contributed by atoms with van der Waals surface area (Å²) in [5.74, 6) is -0.671. The van der Waals surface area contributed by atoms with Crippen molar-refractivity contribution in [3.8, 4) is 0 Å². The van der Waals surface area contributed by atoms with Crippen LogP contribution in [0.4, 0.5) is 0 Å². The fourth-order valence-corrected chi connectivity index (χ4v) is 4.29. The van der Waals surface area contributed by atoms with Crippen molar-refractivity contribution in [2.75, 3.05) is 0 Å². The summed E-state index contributed by atoms with van der Waals surface area (Å²) in [6.45, 7) is 0. The van der Waals surface area contributed by atoms with Gasteiger partial charge in [0.25, 0.3) is 11.8 Å². The summed E-state index contributed by atoms with van der Waals surface area (Å²) in [6, 6.07) is 41.2. The van der Waals surface area contributed by atoms with Crippen molar-refractivity contribution in [3.05, 3.63) is 167 Å². The lowest BCUT2D eigenvalue weighted by molar-refractivity contribution is 0.0889. The van der Waals surface area contributed by atoms with E-state index in [9.17, 15) is 9.59 Å². The molecule has 5 aromatic rings. The van der Waals surface area contributed by atoms with Crippen LogP contribution in [-0.2, 0) is 0 Å². The zero-order valence-corrected chi connectivity index (χ0v) is 20.1. The molecule has 5 heteroatoms. The number of hydrogen-bond donors (Lipinski definition) is 2. The molecule has 0 saturated heterocycles. The van der Waals surface area contributed by atoms with E-state index in [0.717, 1.165) is 22.3 Å². The number of furan rings is 1. The van der Waals surface area contributed by atoms with E-state index >= 15 is 0 Å². The van der Waals surface area contributed by atoms with Crippen molar-refractivity contribution >= 4 is 11.8 Å². The number of rotatable bonds is 8. The third kappa shape index (κ3) is 5.68. The fraction of sp³-hybridized carbons (Fsp3) is 0.0625. The largest absolute Gasteiger partial charge is 0.446 e. The highest BCUT2D eigenvalue weighted by atomic mass is 16.4. The van der Waals surface area contributed by atoms with Crippen molar-refractivity contribution in [1.29, 1.82) is 0 Å². The van der Waals surface area contributed by atoms with E-state index in [0.29, 0.717) is 0 Å². The Hall–Kier alpha value is -4.90. The van der Waals surface area contributed by atoms with Gasteiger partial charge in [-0.2, -0.15) is 0 Å². The molecule has 0 aliphatic heterocycles. The van der Waals surface area contributed by atoms with E-state index in [-0.39, 0.29) is 23.6 Å². The number of carbonyl (C=O) groups excluding carboxylic acids is 2. The molecule has 0 fully saturated rings. The molecule has 0 unspecified atom stereocenters. The molecule has 0 atom stereocenters. The minimum atomic E-state index is -0.403. The maximum atomic E-state index is 13.2. The first kappa shape index (κ1) is 23.8. The Bertz CT molecular complexity index is 1260. The monoisotopic (exact) mass is 486 g/mol. The maximum Gasteiger partial charge on any atom is 0.287 e. The molecule has 0 radical (unpaired) electrons. The zero-order chi connectivity index (χ0) is 25.5. The molecule has 4 aromatic carbocycles. The highest BCUT2D eigenvalue weighted by Crippen LogP contribution is 2.24. The maximum absolute atomic E-state index is 13.2. The lowest BCUT2D eigenvalue weighted by Crippen LogP contribution is -2.30. The first-order valence-corrected chi connectivity index (χ1v) is 12.1. The van der Waals surface area contributed by atoms with Crippen LogP contribution >= 0.6 is 0 Å². The van der Waals surface area contributed by atoms with Gasteiger partial charge in [-0.3, -0.25) is 9.59 Å². The second-order valence-electron chi connectivity index (χ2n) is 8.62. The van der Waals surface area contributed by atoms with E-state index in [1.54, 1.807) is 0 Å². The van der Waals surface area contributed by atoms with Crippen LogP contribution in [0.1, 0.15) is 55.4 Å². The number of benzene rings is 4. The summed E-state index contributed by atoms with van der Waals surface area (Å²) >= 11 is 0. The SMILES string of the molecule is O=C(NC(c1ccccc1)c1ccccc1)c1ccc(C(=O)NC(c2ccccc2)c2ccccc2)o1. The van der Waals surface area contributed by atoms with Crippen LogP contribution in [0.3, 0.4) is 0 Å². The molecule has 0 aliphatic carbocycles. The molecule has 0 saturated carbocycles. The van der Waals surface area contributed by atoms with Gasteiger partial charge in [-0.15, -0.1) is 0 Å². The number of hydrogen-bond acceptors (Lipinski definition) is 3. The molecule has 1 aromatic heterocycles. The molecule has 2 N–H and O–H groups in total.